The van der Waals surface area contributed by atoms with Crippen LogP contribution in [0.4, 0.5) is 0 Å². The minimum atomic E-state index is -4.27. The molecule has 1 aromatic carbocycles. The molecule has 0 saturated carbocycles. The van der Waals surface area contributed by atoms with Gasteiger partial charge in [-0.15, -0.1) is 0 Å². The van der Waals surface area contributed by atoms with Crippen LogP contribution in [0.25, 0.3) is 0 Å². The predicted octanol–water partition coefficient (Wildman–Crippen LogP) is -2.10. The van der Waals surface area contributed by atoms with Crippen LogP contribution in [0.3, 0.4) is 0 Å². The molecule has 0 aliphatic carbocycles. The molecule has 0 unspecified atom stereocenters. The second-order valence-corrected chi connectivity index (χ2v) is 3.65. The van der Waals surface area contributed by atoms with Crippen LogP contribution in [-0.2, 0) is 10.1 Å². The summed E-state index contributed by atoms with van der Waals surface area (Å²) in [6.45, 7) is 1.82. The van der Waals surface area contributed by atoms with Crippen LogP contribution < -0.4 is 51.4 Å². The number of hydrogen-bond acceptors (Lipinski definition) is 3. The summed E-state index contributed by atoms with van der Waals surface area (Å²) < 4.78 is 31.2. The molecule has 0 N–H and O–H groups in total. The Morgan fingerprint density at radius 1 is 1.17 bits per heavy atom. The number of hydrogen-bond donors (Lipinski definition) is 0. The molecule has 5 heteroatoms. The number of aryl methyl sites for hydroxylation is 1. The summed E-state index contributed by atoms with van der Waals surface area (Å²) in [4.78, 5) is -0.178. The molecule has 1 aromatic rings. The van der Waals surface area contributed by atoms with Crippen LogP contribution in [-0.4, -0.2) is 13.0 Å². The van der Waals surface area contributed by atoms with Crippen molar-refractivity contribution in [3.8, 4) is 0 Å². The zero-order valence-corrected chi connectivity index (χ0v) is 10.9. The fourth-order valence-corrected chi connectivity index (χ4v) is 1.17. The summed E-state index contributed by atoms with van der Waals surface area (Å²) >= 11 is 0. The third-order valence-electron chi connectivity index (χ3n) is 1.31. The van der Waals surface area contributed by atoms with Crippen LogP contribution in [0, 0.1) is 6.92 Å². The van der Waals surface area contributed by atoms with Crippen molar-refractivity contribution in [2.45, 2.75) is 11.8 Å². The first kappa shape index (κ1) is 12.8. The SMILES string of the molecule is Cc1ccc(S(=O)(=O)[O-])cc1.[K+]. The Morgan fingerprint density at radius 3 is 1.92 bits per heavy atom. The second-order valence-electron chi connectivity index (χ2n) is 2.27. The molecule has 1 rings (SSSR count). The van der Waals surface area contributed by atoms with E-state index in [2.05, 4.69) is 0 Å². The third kappa shape index (κ3) is 3.65. The molecule has 0 radical (unpaired) electrons. The van der Waals surface area contributed by atoms with E-state index in [1.807, 2.05) is 6.92 Å². The van der Waals surface area contributed by atoms with Crippen molar-refractivity contribution in [2.24, 2.45) is 0 Å². The van der Waals surface area contributed by atoms with Gasteiger partial charge in [0.05, 0.1) is 4.90 Å². The molecule has 0 aliphatic rings. The van der Waals surface area contributed by atoms with Crippen molar-refractivity contribution < 1.29 is 64.4 Å². The van der Waals surface area contributed by atoms with Gasteiger partial charge in [-0.05, 0) is 19.1 Å². The van der Waals surface area contributed by atoms with Gasteiger partial charge in [0.15, 0.2) is 0 Å². The smallest absolute Gasteiger partial charge is 0.744 e. The number of rotatable bonds is 1. The predicted molar refractivity (Wildman–Crippen MR) is 39.1 cm³/mol. The van der Waals surface area contributed by atoms with Gasteiger partial charge < -0.3 is 4.55 Å². The van der Waals surface area contributed by atoms with Gasteiger partial charge in [0.1, 0.15) is 10.1 Å². The van der Waals surface area contributed by atoms with Gasteiger partial charge in [0.25, 0.3) is 0 Å². The summed E-state index contributed by atoms with van der Waals surface area (Å²) in [5.41, 5.74) is 0.928. The molecule has 0 aromatic heterocycles. The van der Waals surface area contributed by atoms with Crippen molar-refractivity contribution >= 4 is 10.1 Å². The van der Waals surface area contributed by atoms with E-state index in [0.29, 0.717) is 0 Å². The Hall–Kier alpha value is 0.766. The first-order valence-electron chi connectivity index (χ1n) is 3.03. The standard InChI is InChI=1S/C7H8O3S.K/c1-6-2-4-7(5-3-6)11(8,9)10;/h2-5H,1H3,(H,8,9,10);/q;+1/p-1. The minimum Gasteiger partial charge on any atom is -0.744 e. The maximum Gasteiger partial charge on any atom is 1.00 e. The van der Waals surface area contributed by atoms with E-state index in [0.717, 1.165) is 5.56 Å². The normalized spacial score (nSPS) is 10.5. The van der Waals surface area contributed by atoms with Gasteiger partial charge in [-0.2, -0.15) is 0 Å². The zero-order chi connectivity index (χ0) is 8.48. The Morgan fingerprint density at radius 2 is 1.58 bits per heavy atom. The quantitative estimate of drug-likeness (QED) is 0.394. The van der Waals surface area contributed by atoms with Gasteiger partial charge in [-0.3, -0.25) is 0 Å². The molecule has 0 amide bonds. The summed E-state index contributed by atoms with van der Waals surface area (Å²) in [6.07, 6.45) is 0. The average molecular weight is 210 g/mol. The molecule has 0 spiro atoms. The van der Waals surface area contributed by atoms with Gasteiger partial charge in [0, 0.05) is 0 Å². The Labute approximate surface area is 114 Å². The van der Waals surface area contributed by atoms with E-state index in [-0.39, 0.29) is 56.3 Å². The van der Waals surface area contributed by atoms with Gasteiger partial charge >= 0.3 is 51.4 Å². The molecule has 0 bridgehead atoms. The summed E-state index contributed by atoms with van der Waals surface area (Å²) in [5.74, 6) is 0. The molecule has 12 heavy (non-hydrogen) atoms. The van der Waals surface area contributed by atoms with Crippen molar-refractivity contribution in [1.29, 1.82) is 0 Å². The molecule has 0 saturated heterocycles. The molecule has 60 valence electrons. The van der Waals surface area contributed by atoms with Crippen molar-refractivity contribution in [2.75, 3.05) is 0 Å². The fraction of sp³-hybridized carbons (Fsp3) is 0.143. The largest absolute Gasteiger partial charge is 1.00 e. The van der Waals surface area contributed by atoms with Crippen molar-refractivity contribution in [1.82, 2.24) is 0 Å². The Bertz CT molecular complexity index is 341. The monoisotopic (exact) mass is 210 g/mol. The molecule has 3 nitrogen and oxygen atoms in total. The van der Waals surface area contributed by atoms with Crippen LogP contribution in [0.1, 0.15) is 5.56 Å². The zero-order valence-electron chi connectivity index (χ0n) is 6.94. The Balaban J connectivity index is 0.00000121. The first-order valence-corrected chi connectivity index (χ1v) is 4.43. The van der Waals surface area contributed by atoms with Crippen LogP contribution in [0.5, 0.6) is 0 Å². The van der Waals surface area contributed by atoms with Crippen molar-refractivity contribution in [3.05, 3.63) is 29.8 Å². The fourth-order valence-electron chi connectivity index (χ4n) is 0.705. The minimum absolute atomic E-state index is 0. The molecular weight excluding hydrogens is 203 g/mol. The molecule has 0 heterocycles. The van der Waals surface area contributed by atoms with Gasteiger partial charge in [-0.25, -0.2) is 8.42 Å². The Kier molecular flexibility index (Phi) is 5.16. The maximum atomic E-state index is 10.4. The van der Waals surface area contributed by atoms with Gasteiger partial charge in [0.2, 0.25) is 0 Å². The summed E-state index contributed by atoms with van der Waals surface area (Å²) in [7, 11) is -4.27. The van der Waals surface area contributed by atoms with Crippen molar-refractivity contribution in [3.63, 3.8) is 0 Å². The summed E-state index contributed by atoms with van der Waals surface area (Å²) in [5, 5.41) is 0. The van der Waals surface area contributed by atoms with E-state index in [1.54, 1.807) is 12.1 Å². The number of benzene rings is 1. The van der Waals surface area contributed by atoms with E-state index < -0.39 is 10.1 Å². The van der Waals surface area contributed by atoms with E-state index in [1.165, 1.54) is 12.1 Å². The van der Waals surface area contributed by atoms with E-state index >= 15 is 0 Å². The third-order valence-corrected chi connectivity index (χ3v) is 2.16. The maximum absolute atomic E-state index is 10.4. The average Bonchev–Trinajstić information content (AvgIpc) is 1.86. The first-order chi connectivity index (χ1) is 5.00. The topological polar surface area (TPSA) is 57.2 Å². The molecule has 0 fully saturated rings. The molecule has 0 aliphatic heterocycles. The molecular formula is C7H7KO3S. The summed E-state index contributed by atoms with van der Waals surface area (Å²) in [6, 6.07) is 5.78. The second kappa shape index (κ2) is 4.85. The van der Waals surface area contributed by atoms with Gasteiger partial charge in [-0.1, -0.05) is 17.7 Å². The van der Waals surface area contributed by atoms with Crippen LogP contribution in [0.15, 0.2) is 29.2 Å². The molecule has 0 atom stereocenters. The van der Waals surface area contributed by atoms with Crippen LogP contribution >= 0.6 is 0 Å². The van der Waals surface area contributed by atoms with E-state index in [4.69, 9.17) is 0 Å². The van der Waals surface area contributed by atoms with E-state index in [9.17, 15) is 13.0 Å². The van der Waals surface area contributed by atoms with Crippen LogP contribution in [0.2, 0.25) is 0 Å².